The molecule has 1 aromatic carbocycles. The van der Waals surface area contributed by atoms with E-state index in [4.69, 9.17) is 11.6 Å². The first-order valence-corrected chi connectivity index (χ1v) is 5.65. The number of nitro groups is 1. The van der Waals surface area contributed by atoms with Crippen LogP contribution in [0.4, 0.5) is 5.69 Å². The number of primary sulfonamides is 1. The predicted octanol–water partition coefficient (Wildman–Crippen LogP) is 0.418. The van der Waals surface area contributed by atoms with Crippen LogP contribution < -0.4 is 5.14 Å². The number of rotatable bonds is 3. The topological polar surface area (TPSA) is 103 Å². The second-order valence-corrected chi connectivity index (χ2v) is 4.47. The van der Waals surface area contributed by atoms with Gasteiger partial charge in [-0.3, -0.25) is 10.1 Å². The normalized spacial score (nSPS) is 10.8. The molecule has 0 aromatic heterocycles. The third-order valence-electron chi connectivity index (χ3n) is 1.89. The van der Waals surface area contributed by atoms with Gasteiger partial charge in [0.2, 0.25) is 10.0 Å². The molecule has 6 nitrogen and oxygen atoms in total. The third-order valence-corrected chi connectivity index (χ3v) is 2.89. The van der Waals surface area contributed by atoms with Gasteiger partial charge in [-0.05, 0) is 6.07 Å². The Kier molecular flexibility index (Phi) is 3.27. The Hall–Kier alpha value is -1.91. The van der Waals surface area contributed by atoms with Gasteiger partial charge >= 0.3 is 0 Å². The van der Waals surface area contributed by atoms with Crippen LogP contribution in [0.25, 0.3) is 0 Å². The molecule has 2 N–H and O–H groups in total. The first kappa shape index (κ1) is 12.2. The van der Waals surface area contributed by atoms with Crippen LogP contribution in [0, 0.1) is 22.5 Å². The zero-order valence-corrected chi connectivity index (χ0v) is 8.90. The number of hydrogen-bond donors (Lipinski definition) is 1. The number of hydrogen-bond acceptors (Lipinski definition) is 4. The molecule has 0 aliphatic carbocycles. The monoisotopic (exact) mass is 240 g/mol. The van der Waals surface area contributed by atoms with Crippen molar-refractivity contribution in [2.45, 2.75) is 11.3 Å². The van der Waals surface area contributed by atoms with Crippen LogP contribution in [-0.4, -0.2) is 13.3 Å². The van der Waals surface area contributed by atoms with Crippen molar-refractivity contribution in [3.8, 4) is 12.3 Å². The van der Waals surface area contributed by atoms with E-state index in [0.717, 1.165) is 0 Å². The first-order valence-electron chi connectivity index (χ1n) is 4.10. The van der Waals surface area contributed by atoms with Gasteiger partial charge in [-0.1, -0.05) is 6.07 Å². The molecule has 7 heteroatoms. The first-order chi connectivity index (χ1) is 7.38. The van der Waals surface area contributed by atoms with E-state index in [1.165, 1.54) is 18.2 Å². The summed E-state index contributed by atoms with van der Waals surface area (Å²) in [6, 6.07) is 3.62. The molecule has 1 rings (SSSR count). The summed E-state index contributed by atoms with van der Waals surface area (Å²) in [4.78, 5) is 9.68. The van der Waals surface area contributed by atoms with Gasteiger partial charge in [0.05, 0.1) is 15.4 Å². The Morgan fingerprint density at radius 2 is 2.12 bits per heavy atom. The van der Waals surface area contributed by atoms with Gasteiger partial charge in [0.25, 0.3) is 5.69 Å². The molecule has 0 aliphatic heterocycles. The summed E-state index contributed by atoms with van der Waals surface area (Å²) in [5, 5.41) is 15.6. The predicted molar refractivity (Wildman–Crippen MR) is 57.0 cm³/mol. The van der Waals surface area contributed by atoms with Crippen molar-refractivity contribution >= 4 is 15.7 Å². The maximum atomic E-state index is 11.2. The highest BCUT2D eigenvalue weighted by atomic mass is 32.2. The van der Waals surface area contributed by atoms with Gasteiger partial charge in [-0.25, -0.2) is 13.6 Å². The van der Waals surface area contributed by atoms with E-state index in [1.807, 2.05) is 0 Å². The van der Waals surface area contributed by atoms with E-state index in [-0.39, 0.29) is 22.6 Å². The van der Waals surface area contributed by atoms with Crippen LogP contribution in [0.3, 0.4) is 0 Å². The van der Waals surface area contributed by atoms with E-state index in [0.29, 0.717) is 0 Å². The zero-order valence-electron chi connectivity index (χ0n) is 8.08. The summed E-state index contributed by atoms with van der Waals surface area (Å²) in [5.41, 5.74) is -0.401. The quantitative estimate of drug-likeness (QED) is 0.469. The minimum atomic E-state index is -4.01. The van der Waals surface area contributed by atoms with Crippen molar-refractivity contribution in [1.82, 2.24) is 0 Å². The summed E-state index contributed by atoms with van der Waals surface area (Å²) in [6.07, 6.45) is 4.87. The van der Waals surface area contributed by atoms with Gasteiger partial charge in [0.1, 0.15) is 0 Å². The Morgan fingerprint density at radius 3 is 2.56 bits per heavy atom. The second-order valence-electron chi connectivity index (χ2n) is 2.94. The van der Waals surface area contributed by atoms with Crippen LogP contribution in [-0.2, 0) is 16.4 Å². The summed E-state index contributed by atoms with van der Waals surface area (Å²) >= 11 is 0. The molecule has 0 aliphatic rings. The highest BCUT2D eigenvalue weighted by molar-refractivity contribution is 7.89. The van der Waals surface area contributed by atoms with Crippen molar-refractivity contribution in [3.63, 3.8) is 0 Å². The lowest BCUT2D eigenvalue weighted by Crippen LogP contribution is -2.15. The Morgan fingerprint density at radius 1 is 1.50 bits per heavy atom. The zero-order chi connectivity index (χ0) is 12.3. The fourth-order valence-electron chi connectivity index (χ4n) is 1.27. The maximum absolute atomic E-state index is 11.2. The highest BCUT2D eigenvalue weighted by Crippen LogP contribution is 2.25. The van der Waals surface area contributed by atoms with E-state index < -0.39 is 14.9 Å². The molecule has 16 heavy (non-hydrogen) atoms. The molecule has 0 bridgehead atoms. The lowest BCUT2D eigenvalue weighted by molar-refractivity contribution is -0.385. The lowest BCUT2D eigenvalue weighted by atomic mass is 10.1. The van der Waals surface area contributed by atoms with Gasteiger partial charge in [0, 0.05) is 12.5 Å². The van der Waals surface area contributed by atoms with E-state index in [1.54, 1.807) is 0 Å². The van der Waals surface area contributed by atoms with Crippen molar-refractivity contribution < 1.29 is 13.3 Å². The van der Waals surface area contributed by atoms with Crippen LogP contribution in [0.2, 0.25) is 0 Å². The number of terminal acetylenes is 1. The minimum Gasteiger partial charge on any atom is -0.258 e. The average Bonchev–Trinajstić information content (AvgIpc) is 2.16. The molecule has 0 fully saturated rings. The standard InChI is InChI=1S/C9H8N2O4S/c1-2-4-7-8(11(12)13)5-3-6-9(7)16(10,14)15/h1,3,5-6H,4H2,(H2,10,14,15). The number of nitrogens with zero attached hydrogens (tertiary/aromatic N) is 1. The summed E-state index contributed by atoms with van der Waals surface area (Å²) in [6.45, 7) is 0. The molecule has 1 aromatic rings. The van der Waals surface area contributed by atoms with Crippen molar-refractivity contribution in [1.29, 1.82) is 0 Å². The average molecular weight is 240 g/mol. The van der Waals surface area contributed by atoms with Crippen molar-refractivity contribution in [3.05, 3.63) is 33.9 Å². The smallest absolute Gasteiger partial charge is 0.258 e. The van der Waals surface area contributed by atoms with E-state index in [2.05, 4.69) is 5.92 Å². The molecule has 84 valence electrons. The number of benzene rings is 1. The van der Waals surface area contributed by atoms with Crippen LogP contribution in [0.1, 0.15) is 5.56 Å². The molecule has 0 amide bonds. The molecule has 0 unspecified atom stereocenters. The van der Waals surface area contributed by atoms with Crippen molar-refractivity contribution in [2.75, 3.05) is 0 Å². The Bertz CT molecular complexity index is 572. The van der Waals surface area contributed by atoms with Crippen molar-refractivity contribution in [2.24, 2.45) is 5.14 Å². The molecular weight excluding hydrogens is 232 g/mol. The second kappa shape index (κ2) is 4.30. The molecule has 0 saturated carbocycles. The molecule has 0 radical (unpaired) electrons. The van der Waals surface area contributed by atoms with Crippen LogP contribution >= 0.6 is 0 Å². The Labute approximate surface area is 92.3 Å². The summed E-state index contributed by atoms with van der Waals surface area (Å²) in [7, 11) is -4.01. The molecule has 0 heterocycles. The van der Waals surface area contributed by atoms with Gasteiger partial charge in [-0.15, -0.1) is 12.3 Å². The largest absolute Gasteiger partial charge is 0.274 e. The maximum Gasteiger partial charge on any atom is 0.274 e. The fraction of sp³-hybridized carbons (Fsp3) is 0.111. The van der Waals surface area contributed by atoms with Gasteiger partial charge < -0.3 is 0 Å². The Balaban J connectivity index is 3.59. The highest BCUT2D eigenvalue weighted by Gasteiger charge is 2.22. The summed E-state index contributed by atoms with van der Waals surface area (Å²) in [5.74, 6) is 2.17. The number of nitrogens with two attached hydrogens (primary N) is 1. The SMILES string of the molecule is C#CCc1c([N+](=O)[O-])cccc1S(N)(=O)=O. The van der Waals surface area contributed by atoms with Crippen LogP contribution in [0.5, 0.6) is 0 Å². The van der Waals surface area contributed by atoms with Gasteiger partial charge in [0.15, 0.2) is 0 Å². The third kappa shape index (κ3) is 2.36. The lowest BCUT2D eigenvalue weighted by Gasteiger charge is -2.05. The van der Waals surface area contributed by atoms with Gasteiger partial charge in [-0.2, -0.15) is 0 Å². The number of sulfonamides is 1. The summed E-state index contributed by atoms with van der Waals surface area (Å²) < 4.78 is 22.4. The molecular formula is C9H8N2O4S. The number of nitro benzene ring substituents is 1. The van der Waals surface area contributed by atoms with Crippen LogP contribution in [0.15, 0.2) is 23.1 Å². The van der Waals surface area contributed by atoms with E-state index >= 15 is 0 Å². The van der Waals surface area contributed by atoms with E-state index in [9.17, 15) is 18.5 Å². The fourth-order valence-corrected chi connectivity index (χ4v) is 2.06. The molecule has 0 atom stereocenters. The minimum absolute atomic E-state index is 0.0579. The molecule has 0 saturated heterocycles. The molecule has 0 spiro atoms.